The molecule has 1 aliphatic rings. The molecule has 0 spiro atoms. The summed E-state index contributed by atoms with van der Waals surface area (Å²) in [6, 6.07) is 5.24. The van der Waals surface area contributed by atoms with Crippen LogP contribution in [-0.2, 0) is 9.84 Å². The maximum absolute atomic E-state index is 12.1. The molecule has 1 unspecified atom stereocenters. The van der Waals surface area contributed by atoms with Crippen LogP contribution in [0.1, 0.15) is 25.3 Å². The number of hydrogen-bond acceptors (Lipinski definition) is 4. The van der Waals surface area contributed by atoms with E-state index in [0.29, 0.717) is 11.4 Å². The van der Waals surface area contributed by atoms with Crippen LogP contribution >= 0.6 is 0 Å². The van der Waals surface area contributed by atoms with Gasteiger partial charge in [0.2, 0.25) is 0 Å². The highest BCUT2D eigenvalue weighted by Gasteiger charge is 2.30. The third kappa shape index (κ3) is 2.17. The maximum atomic E-state index is 12.1. The zero-order valence-corrected chi connectivity index (χ0v) is 10.9. The minimum Gasteiger partial charge on any atom is -0.379 e. The number of nitrogens with two attached hydrogens (primary N) is 1. The van der Waals surface area contributed by atoms with Gasteiger partial charge < -0.3 is 11.1 Å². The Morgan fingerprint density at radius 1 is 1.47 bits per heavy atom. The second kappa shape index (κ2) is 4.31. The van der Waals surface area contributed by atoms with Crippen LogP contribution in [0.5, 0.6) is 0 Å². The summed E-state index contributed by atoms with van der Waals surface area (Å²) in [7, 11) is -3.20. The fraction of sp³-hybridized carbons (Fsp3) is 0.500. The number of fused-ring (bicyclic) bond motifs is 1. The minimum atomic E-state index is -3.20. The molecule has 17 heavy (non-hydrogen) atoms. The molecular weight excluding hydrogens is 236 g/mol. The summed E-state index contributed by atoms with van der Waals surface area (Å²) in [6.07, 6.45) is 0. The van der Waals surface area contributed by atoms with Crippen LogP contribution in [0.15, 0.2) is 23.1 Å². The molecular formula is C12H18N2O2S. The monoisotopic (exact) mass is 254 g/mol. The Balaban J connectivity index is 2.61. The summed E-state index contributed by atoms with van der Waals surface area (Å²) in [5.74, 6) is 0.363. The Kier molecular flexibility index (Phi) is 3.14. The average molecular weight is 254 g/mol. The van der Waals surface area contributed by atoms with Crippen LogP contribution in [-0.4, -0.2) is 26.8 Å². The van der Waals surface area contributed by atoms with Crippen molar-refractivity contribution in [2.75, 3.05) is 17.6 Å². The molecule has 4 nitrogen and oxygen atoms in total. The molecule has 3 N–H and O–H groups in total. The van der Waals surface area contributed by atoms with E-state index in [1.807, 2.05) is 6.07 Å². The summed E-state index contributed by atoms with van der Waals surface area (Å²) in [6.45, 7) is 4.43. The number of para-hydroxylation sites is 1. The van der Waals surface area contributed by atoms with Gasteiger partial charge >= 0.3 is 0 Å². The number of benzene rings is 1. The van der Waals surface area contributed by atoms with E-state index in [1.54, 1.807) is 12.1 Å². The van der Waals surface area contributed by atoms with Gasteiger partial charge in [-0.2, -0.15) is 0 Å². The smallest absolute Gasteiger partial charge is 0.182 e. The second-order valence-corrected chi connectivity index (χ2v) is 6.74. The van der Waals surface area contributed by atoms with Crippen molar-refractivity contribution in [1.29, 1.82) is 0 Å². The van der Waals surface area contributed by atoms with E-state index in [9.17, 15) is 8.42 Å². The van der Waals surface area contributed by atoms with Crippen molar-refractivity contribution in [3.63, 3.8) is 0 Å². The summed E-state index contributed by atoms with van der Waals surface area (Å²) in [4.78, 5) is 0.411. The van der Waals surface area contributed by atoms with Gasteiger partial charge in [-0.3, -0.25) is 0 Å². The molecule has 1 aromatic rings. The summed E-state index contributed by atoms with van der Waals surface area (Å²) in [5, 5.41) is 3.25. The van der Waals surface area contributed by atoms with Crippen LogP contribution in [0, 0.1) is 0 Å². The molecule has 0 saturated heterocycles. The van der Waals surface area contributed by atoms with Gasteiger partial charge in [-0.25, -0.2) is 8.42 Å². The van der Waals surface area contributed by atoms with Gasteiger partial charge in [0, 0.05) is 6.54 Å². The van der Waals surface area contributed by atoms with Crippen molar-refractivity contribution in [2.24, 2.45) is 5.73 Å². The van der Waals surface area contributed by atoms with Gasteiger partial charge in [0.15, 0.2) is 9.84 Å². The first-order chi connectivity index (χ1) is 7.95. The first-order valence-corrected chi connectivity index (χ1v) is 7.43. The van der Waals surface area contributed by atoms with Gasteiger partial charge in [0.25, 0.3) is 0 Å². The van der Waals surface area contributed by atoms with Gasteiger partial charge in [-0.15, -0.1) is 0 Å². The van der Waals surface area contributed by atoms with Crippen molar-refractivity contribution in [3.8, 4) is 0 Å². The van der Waals surface area contributed by atoms with Crippen LogP contribution in [0.25, 0.3) is 0 Å². The molecule has 0 amide bonds. The van der Waals surface area contributed by atoms with Gasteiger partial charge in [-0.05, 0) is 17.5 Å². The van der Waals surface area contributed by atoms with Crippen LogP contribution < -0.4 is 11.1 Å². The normalized spacial score (nSPS) is 22.0. The van der Waals surface area contributed by atoms with Crippen molar-refractivity contribution in [2.45, 2.75) is 30.7 Å². The highest BCUT2D eigenvalue weighted by molar-refractivity contribution is 7.91. The van der Waals surface area contributed by atoms with E-state index < -0.39 is 9.84 Å². The van der Waals surface area contributed by atoms with Crippen LogP contribution in [0.4, 0.5) is 5.69 Å². The minimum absolute atomic E-state index is 0.0814. The summed E-state index contributed by atoms with van der Waals surface area (Å²) in [5.41, 5.74) is 7.35. The first kappa shape index (κ1) is 12.4. The highest BCUT2D eigenvalue weighted by Crippen LogP contribution is 2.34. The highest BCUT2D eigenvalue weighted by atomic mass is 32.2. The molecule has 0 bridgehead atoms. The molecule has 1 aromatic carbocycles. The number of hydrogen-bond donors (Lipinski definition) is 2. The SMILES string of the molecule is CC(C)c1cccc2c1NC(CN)CS2(=O)=O. The number of anilines is 1. The van der Waals surface area contributed by atoms with Crippen molar-refractivity contribution in [3.05, 3.63) is 23.8 Å². The lowest BCUT2D eigenvalue weighted by Crippen LogP contribution is -2.40. The van der Waals surface area contributed by atoms with Crippen LogP contribution in [0.3, 0.4) is 0 Å². The zero-order valence-electron chi connectivity index (χ0n) is 10.1. The number of nitrogens with one attached hydrogen (secondary N) is 1. The van der Waals surface area contributed by atoms with Gasteiger partial charge in [0.1, 0.15) is 0 Å². The molecule has 2 rings (SSSR count). The fourth-order valence-electron chi connectivity index (χ4n) is 2.17. The Hall–Kier alpha value is -1.07. The third-order valence-corrected chi connectivity index (χ3v) is 4.92. The van der Waals surface area contributed by atoms with Gasteiger partial charge in [-0.1, -0.05) is 26.0 Å². The first-order valence-electron chi connectivity index (χ1n) is 5.78. The zero-order chi connectivity index (χ0) is 12.6. The van der Waals surface area contributed by atoms with Crippen molar-refractivity contribution in [1.82, 2.24) is 0 Å². The van der Waals surface area contributed by atoms with E-state index in [1.165, 1.54) is 0 Å². The standard InChI is InChI=1S/C12H18N2O2S/c1-8(2)10-4-3-5-11-12(10)14-9(6-13)7-17(11,15)16/h3-5,8-9,14H,6-7,13H2,1-2H3. The Bertz CT molecular complexity index is 523. The summed E-state index contributed by atoms with van der Waals surface area (Å²) < 4.78 is 24.2. The Labute approximate surface area is 102 Å². The van der Waals surface area contributed by atoms with E-state index >= 15 is 0 Å². The predicted molar refractivity (Wildman–Crippen MR) is 69.0 cm³/mol. The van der Waals surface area contributed by atoms with E-state index in [4.69, 9.17) is 5.73 Å². The van der Waals surface area contributed by atoms with Crippen molar-refractivity contribution < 1.29 is 8.42 Å². The fourth-order valence-corrected chi connectivity index (χ4v) is 3.87. The van der Waals surface area contributed by atoms with Crippen LogP contribution in [0.2, 0.25) is 0 Å². The summed E-state index contributed by atoms with van der Waals surface area (Å²) >= 11 is 0. The van der Waals surface area contributed by atoms with Crippen molar-refractivity contribution >= 4 is 15.5 Å². The number of rotatable bonds is 2. The maximum Gasteiger partial charge on any atom is 0.182 e. The molecule has 1 heterocycles. The molecule has 1 atom stereocenters. The largest absolute Gasteiger partial charge is 0.379 e. The molecule has 0 aromatic heterocycles. The molecule has 0 fully saturated rings. The van der Waals surface area contributed by atoms with E-state index in [2.05, 4.69) is 19.2 Å². The lowest BCUT2D eigenvalue weighted by atomic mass is 10.0. The molecule has 1 aliphatic heterocycles. The lowest BCUT2D eigenvalue weighted by molar-refractivity contribution is 0.585. The molecule has 5 heteroatoms. The molecule has 0 aliphatic carbocycles. The Morgan fingerprint density at radius 3 is 2.76 bits per heavy atom. The molecule has 94 valence electrons. The predicted octanol–water partition coefficient (Wildman–Crippen LogP) is 1.34. The van der Waals surface area contributed by atoms with E-state index in [-0.39, 0.29) is 17.7 Å². The topological polar surface area (TPSA) is 72.2 Å². The van der Waals surface area contributed by atoms with E-state index in [0.717, 1.165) is 11.3 Å². The average Bonchev–Trinajstić information content (AvgIpc) is 2.27. The van der Waals surface area contributed by atoms with Gasteiger partial charge in [0.05, 0.1) is 22.4 Å². The second-order valence-electron chi connectivity index (χ2n) is 4.73. The third-order valence-electron chi connectivity index (χ3n) is 3.07. The lowest BCUT2D eigenvalue weighted by Gasteiger charge is -2.28. The molecule has 0 saturated carbocycles. The Morgan fingerprint density at radius 2 is 2.18 bits per heavy atom. The number of sulfone groups is 1. The molecule has 0 radical (unpaired) electrons. The quantitative estimate of drug-likeness (QED) is 0.835.